The van der Waals surface area contributed by atoms with Gasteiger partial charge in [0.15, 0.2) is 0 Å². The molecular formula is C15H54N10OOs2+4. The van der Waals surface area contributed by atoms with E-state index in [1.165, 1.54) is 0 Å². The molecule has 0 atom stereocenters. The minimum Gasteiger partial charge on any atom is -0.497 e. The zero-order valence-corrected chi connectivity index (χ0v) is 24.4. The van der Waals surface area contributed by atoms with Gasteiger partial charge in [0.2, 0.25) is 0 Å². The summed E-state index contributed by atoms with van der Waals surface area (Å²) in [7, 11) is 1.66. The van der Waals surface area contributed by atoms with Crippen LogP contribution in [0.4, 0.5) is 0 Å². The van der Waals surface area contributed by atoms with Gasteiger partial charge in [-0.2, -0.15) is 0 Å². The Morgan fingerprint density at radius 2 is 0.750 bits per heavy atom. The summed E-state index contributed by atoms with van der Waals surface area (Å²) in [5.41, 5.74) is 10.7. The van der Waals surface area contributed by atoms with Crippen LogP contribution < -0.4 is 65.4 Å². The molecule has 0 saturated carbocycles. The third kappa shape index (κ3) is 164. The number of ether oxygens (including phenoxy) is 1. The molecule has 0 saturated heterocycles. The molecule has 1 rings (SSSR count). The average molecular weight is 771 g/mol. The van der Waals surface area contributed by atoms with E-state index in [9.17, 15) is 0 Å². The maximum Gasteiger partial charge on any atom is 2.00 e. The average Bonchev–Trinajstić information content (AvgIpc) is 2.14. The maximum atomic E-state index is 5.35. The topological polar surface area (TPSA) is 341 Å². The molecule has 0 aliphatic heterocycles. The quantitative estimate of drug-likeness (QED) is 0.190. The van der Waals surface area contributed by atoms with E-state index < -0.39 is 0 Å². The molecule has 0 unspecified atom stereocenters. The number of para-hydroxylation sites is 1. The molecule has 0 aliphatic carbocycles. The maximum absolute atomic E-state index is 5.35. The molecule has 0 bridgehead atoms. The molecule has 13 heteroatoms. The predicted octanol–water partition coefficient (Wildman–Crippen LogP) is 4.47. The molecule has 0 aromatic heterocycles. The van der Waals surface area contributed by atoms with Gasteiger partial charge in [-0.25, -0.2) is 0 Å². The fourth-order valence-electron chi connectivity index (χ4n) is 0.557. The van der Waals surface area contributed by atoms with Gasteiger partial charge in [-0.05, 0) is 53.7 Å². The van der Waals surface area contributed by atoms with Crippen molar-refractivity contribution in [3.05, 3.63) is 30.3 Å². The molecule has 1 aromatic rings. The van der Waals surface area contributed by atoms with Crippen LogP contribution in [0.15, 0.2) is 30.3 Å². The normalized spacial score (nSPS) is 6.75. The molecule has 182 valence electrons. The number of methoxy groups -OCH3 is 1. The summed E-state index contributed by atoms with van der Waals surface area (Å²) in [5, 5.41) is 0. The van der Waals surface area contributed by atoms with Crippen molar-refractivity contribution >= 4 is 0 Å². The Hall–Kier alpha value is -0.107. The SMILES string of the molecule is CC(C)(C)N.CC(C)(C)N.COc1ccccc1.N.N.N.N.N.N.N.N.[Os+2].[Os+2]. The monoisotopic (exact) mass is 774 g/mol. The van der Waals surface area contributed by atoms with Gasteiger partial charge in [-0.3, -0.25) is 0 Å². The second-order valence-electron chi connectivity index (χ2n) is 6.25. The van der Waals surface area contributed by atoms with Gasteiger partial charge in [0.1, 0.15) is 5.75 Å². The fourth-order valence-corrected chi connectivity index (χ4v) is 0.557. The van der Waals surface area contributed by atoms with Gasteiger partial charge in [0, 0.05) is 11.1 Å². The Balaban J connectivity index is -0.0000000120. The Labute approximate surface area is 200 Å². The van der Waals surface area contributed by atoms with Crippen LogP contribution in [0, 0.1) is 0 Å². The van der Waals surface area contributed by atoms with Gasteiger partial charge < -0.3 is 65.4 Å². The second kappa shape index (κ2) is 41.3. The van der Waals surface area contributed by atoms with Crippen LogP contribution in [0.5, 0.6) is 5.75 Å². The molecule has 0 fully saturated rings. The third-order valence-corrected chi connectivity index (χ3v) is 0.979. The summed E-state index contributed by atoms with van der Waals surface area (Å²) in [4.78, 5) is 0. The molecular weight excluding hydrogens is 717 g/mol. The third-order valence-electron chi connectivity index (χ3n) is 0.979. The first-order valence-corrected chi connectivity index (χ1v) is 6.10. The van der Waals surface area contributed by atoms with Gasteiger partial charge in [-0.1, -0.05) is 18.2 Å². The molecule has 28 N–H and O–H groups in total. The van der Waals surface area contributed by atoms with Crippen LogP contribution in [0.1, 0.15) is 41.5 Å². The van der Waals surface area contributed by atoms with Crippen molar-refractivity contribution in [2.75, 3.05) is 7.11 Å². The molecule has 1 aromatic carbocycles. The van der Waals surface area contributed by atoms with Crippen LogP contribution in [-0.2, 0) is 39.6 Å². The van der Waals surface area contributed by atoms with Gasteiger partial charge >= 0.3 is 39.6 Å². The van der Waals surface area contributed by atoms with E-state index in [4.69, 9.17) is 16.2 Å². The van der Waals surface area contributed by atoms with Crippen molar-refractivity contribution in [1.82, 2.24) is 49.2 Å². The molecule has 0 spiro atoms. The van der Waals surface area contributed by atoms with Crippen LogP contribution in [0.25, 0.3) is 0 Å². The smallest absolute Gasteiger partial charge is 0.497 e. The second-order valence-corrected chi connectivity index (χ2v) is 6.25. The van der Waals surface area contributed by atoms with Crippen LogP contribution in [0.3, 0.4) is 0 Å². The van der Waals surface area contributed by atoms with E-state index in [0.717, 1.165) is 5.75 Å². The number of hydrogen-bond donors (Lipinski definition) is 10. The number of benzene rings is 1. The minimum atomic E-state index is 0. The first-order chi connectivity index (χ1) is 7.93. The van der Waals surface area contributed by atoms with Crippen LogP contribution in [-0.4, -0.2) is 18.2 Å². The zero-order valence-electron chi connectivity index (χ0n) is 19.3. The Morgan fingerprint density at radius 1 is 0.571 bits per heavy atom. The molecule has 0 heterocycles. The van der Waals surface area contributed by atoms with E-state index >= 15 is 0 Å². The summed E-state index contributed by atoms with van der Waals surface area (Å²) in [6.07, 6.45) is 0. The zero-order chi connectivity index (χ0) is 14.8. The molecule has 0 aliphatic rings. The predicted molar refractivity (Wildman–Crippen MR) is 121 cm³/mol. The summed E-state index contributed by atoms with van der Waals surface area (Å²) < 4.78 is 4.91. The number of hydrogen-bond acceptors (Lipinski definition) is 11. The Bertz CT molecular complexity index is 286. The van der Waals surface area contributed by atoms with Crippen molar-refractivity contribution in [3.63, 3.8) is 0 Å². The van der Waals surface area contributed by atoms with E-state index in [2.05, 4.69) is 0 Å². The van der Waals surface area contributed by atoms with Crippen molar-refractivity contribution in [1.29, 1.82) is 0 Å². The number of nitrogens with two attached hydrogens (primary N) is 2. The van der Waals surface area contributed by atoms with Crippen molar-refractivity contribution in [2.24, 2.45) is 11.5 Å². The first-order valence-electron chi connectivity index (χ1n) is 6.10. The molecule has 11 nitrogen and oxygen atoms in total. The van der Waals surface area contributed by atoms with Gasteiger partial charge in [0.05, 0.1) is 7.11 Å². The fraction of sp³-hybridized carbons (Fsp3) is 0.600. The number of rotatable bonds is 1. The van der Waals surface area contributed by atoms with Crippen molar-refractivity contribution in [3.8, 4) is 5.75 Å². The summed E-state index contributed by atoms with van der Waals surface area (Å²) in [6, 6.07) is 9.68. The van der Waals surface area contributed by atoms with E-state index in [-0.39, 0.29) is 99.9 Å². The minimum absolute atomic E-state index is 0. The standard InChI is InChI=1S/C7H8O.2C4H11N.8H3N.2Os/c1-8-7-5-3-2-4-6-7;2*1-4(2,3)5;;;;;;;;;;/h2-6H,1H3;2*5H2,1-3H3;8*1H3;;/q;;;;;;;;;;;2*+2. The molecule has 0 amide bonds. The van der Waals surface area contributed by atoms with Gasteiger partial charge in [0.25, 0.3) is 0 Å². The van der Waals surface area contributed by atoms with E-state index in [0.29, 0.717) is 0 Å². The summed E-state index contributed by atoms with van der Waals surface area (Å²) >= 11 is 0. The molecule has 28 heavy (non-hydrogen) atoms. The van der Waals surface area contributed by atoms with E-state index in [1.807, 2.05) is 71.9 Å². The van der Waals surface area contributed by atoms with Crippen molar-refractivity contribution in [2.45, 2.75) is 52.6 Å². The van der Waals surface area contributed by atoms with Crippen LogP contribution in [0.2, 0.25) is 0 Å². The summed E-state index contributed by atoms with van der Waals surface area (Å²) in [5.74, 6) is 0.910. The van der Waals surface area contributed by atoms with E-state index in [1.54, 1.807) is 7.11 Å². The van der Waals surface area contributed by atoms with Crippen molar-refractivity contribution < 1.29 is 44.3 Å². The largest absolute Gasteiger partial charge is 2.00 e. The first kappa shape index (κ1) is 79.9. The van der Waals surface area contributed by atoms with Crippen LogP contribution >= 0.6 is 0 Å². The summed E-state index contributed by atoms with van der Waals surface area (Å²) in [6.45, 7) is 11.8. The Kier molecular flexibility index (Phi) is 118. The van der Waals surface area contributed by atoms with Gasteiger partial charge in [-0.15, -0.1) is 0 Å². The molecule has 0 radical (unpaired) electrons. The Morgan fingerprint density at radius 3 is 0.857 bits per heavy atom.